The Morgan fingerprint density at radius 1 is 0.957 bits per heavy atom. The third kappa shape index (κ3) is 3.35. The Bertz CT molecular complexity index is 764. The number of carbonyl (C=O) groups is 1. The highest BCUT2D eigenvalue weighted by Gasteiger charge is 2.35. The molecule has 2 aromatic carbocycles. The van der Waals surface area contributed by atoms with Gasteiger partial charge in [-0.05, 0) is 24.1 Å². The van der Waals surface area contributed by atoms with Gasteiger partial charge in [-0.1, -0.05) is 67.3 Å². The average Bonchev–Trinajstić information content (AvgIpc) is 2.62. The molecule has 1 heterocycles. The van der Waals surface area contributed by atoms with E-state index in [2.05, 4.69) is 11.8 Å². The minimum Gasteiger partial charge on any atom is -0.433 e. The van der Waals surface area contributed by atoms with Gasteiger partial charge in [0.15, 0.2) is 0 Å². The summed E-state index contributed by atoms with van der Waals surface area (Å²) in [5.41, 5.74) is 2.90. The number of rotatable bonds is 2. The molecule has 0 unspecified atom stereocenters. The second-order valence-corrected chi connectivity index (χ2v) is 5.53. The Morgan fingerprint density at radius 2 is 1.61 bits per heavy atom. The van der Waals surface area contributed by atoms with Crippen LogP contribution < -0.4 is 0 Å². The van der Waals surface area contributed by atoms with E-state index in [9.17, 15) is 4.79 Å². The monoisotopic (exact) mass is 302 g/mol. The molecule has 0 aliphatic carbocycles. The number of hydrogen-bond donors (Lipinski definition) is 0. The molecule has 0 spiro atoms. The van der Waals surface area contributed by atoms with Crippen molar-refractivity contribution in [2.75, 3.05) is 0 Å². The maximum Gasteiger partial charge on any atom is 0.314 e. The van der Waals surface area contributed by atoms with Gasteiger partial charge in [-0.25, -0.2) is 0 Å². The van der Waals surface area contributed by atoms with E-state index in [4.69, 9.17) is 4.74 Å². The van der Waals surface area contributed by atoms with Crippen molar-refractivity contribution in [1.29, 1.82) is 0 Å². The van der Waals surface area contributed by atoms with E-state index in [0.29, 0.717) is 0 Å². The molecular formula is C21H18O2. The third-order valence-electron chi connectivity index (χ3n) is 4.07. The van der Waals surface area contributed by atoms with E-state index in [1.54, 1.807) is 0 Å². The molecule has 0 saturated carbocycles. The van der Waals surface area contributed by atoms with Crippen molar-refractivity contribution in [3.63, 3.8) is 0 Å². The summed E-state index contributed by atoms with van der Waals surface area (Å²) in [6, 6.07) is 19.9. The lowest BCUT2D eigenvalue weighted by Gasteiger charge is -2.28. The van der Waals surface area contributed by atoms with Crippen molar-refractivity contribution in [1.82, 2.24) is 0 Å². The van der Waals surface area contributed by atoms with Crippen LogP contribution >= 0.6 is 0 Å². The summed E-state index contributed by atoms with van der Waals surface area (Å²) in [7, 11) is 0. The van der Waals surface area contributed by atoms with Crippen LogP contribution in [-0.2, 0) is 9.53 Å². The predicted molar refractivity (Wildman–Crippen MR) is 90.5 cm³/mol. The van der Waals surface area contributed by atoms with Crippen LogP contribution in [0.2, 0.25) is 0 Å². The summed E-state index contributed by atoms with van der Waals surface area (Å²) in [6.45, 7) is 2.01. The van der Waals surface area contributed by atoms with E-state index < -0.39 is 0 Å². The number of allylic oxidation sites excluding steroid dienone is 1. The zero-order valence-electron chi connectivity index (χ0n) is 13.0. The Kier molecular flexibility index (Phi) is 4.59. The van der Waals surface area contributed by atoms with Gasteiger partial charge in [-0.3, -0.25) is 4.79 Å². The molecule has 23 heavy (non-hydrogen) atoms. The molecule has 0 fully saturated rings. The first-order valence-corrected chi connectivity index (χ1v) is 7.82. The molecule has 1 aliphatic heterocycles. The number of ether oxygens (including phenoxy) is 1. The predicted octanol–water partition coefficient (Wildman–Crippen LogP) is 4.29. The van der Waals surface area contributed by atoms with Crippen molar-refractivity contribution >= 4 is 5.97 Å². The molecule has 3 rings (SSSR count). The first kappa shape index (κ1) is 15.1. The van der Waals surface area contributed by atoms with Crippen molar-refractivity contribution in [2.24, 2.45) is 5.92 Å². The molecule has 0 radical (unpaired) electrons. The van der Waals surface area contributed by atoms with Crippen molar-refractivity contribution in [3.8, 4) is 11.8 Å². The van der Waals surface area contributed by atoms with E-state index in [0.717, 1.165) is 23.1 Å². The first-order chi connectivity index (χ1) is 11.3. The molecule has 0 amide bonds. The van der Waals surface area contributed by atoms with Crippen molar-refractivity contribution in [2.45, 2.75) is 19.3 Å². The fourth-order valence-electron chi connectivity index (χ4n) is 2.88. The number of esters is 1. The molecule has 0 aromatic heterocycles. The van der Waals surface area contributed by atoms with E-state index >= 15 is 0 Å². The summed E-state index contributed by atoms with van der Waals surface area (Å²) in [5.74, 6) is 5.96. The molecule has 0 bridgehead atoms. The minimum absolute atomic E-state index is 0.0429. The van der Waals surface area contributed by atoms with Gasteiger partial charge < -0.3 is 4.74 Å². The standard InChI is InChI=1S/C21H18O2/c1-2-19-20(17-11-7-4-8-12-17)18(15-23-21(19)22)14-13-16-9-5-3-6-10-16/h3-12,15,19-20H,2H2,1H3/t19-,20+/m0/s1. The largest absolute Gasteiger partial charge is 0.433 e. The molecule has 0 saturated heterocycles. The number of carbonyl (C=O) groups excluding carboxylic acids is 1. The molecule has 2 nitrogen and oxygen atoms in total. The Balaban J connectivity index is 2.00. The molecule has 2 heteroatoms. The highest BCUT2D eigenvalue weighted by Crippen LogP contribution is 2.37. The highest BCUT2D eigenvalue weighted by atomic mass is 16.5. The summed E-state index contributed by atoms with van der Waals surface area (Å²) in [4.78, 5) is 12.1. The number of hydrogen-bond acceptors (Lipinski definition) is 2. The fraction of sp³-hybridized carbons (Fsp3) is 0.190. The van der Waals surface area contributed by atoms with Gasteiger partial charge in [-0.2, -0.15) is 0 Å². The van der Waals surface area contributed by atoms with Gasteiger partial charge in [0.1, 0.15) is 6.26 Å². The number of benzene rings is 2. The van der Waals surface area contributed by atoms with Crippen molar-refractivity contribution in [3.05, 3.63) is 83.6 Å². The van der Waals surface area contributed by atoms with Gasteiger partial charge in [0.2, 0.25) is 0 Å². The van der Waals surface area contributed by atoms with Gasteiger partial charge in [0, 0.05) is 17.1 Å². The second-order valence-electron chi connectivity index (χ2n) is 5.53. The molecule has 1 aliphatic rings. The van der Waals surface area contributed by atoms with E-state index in [1.807, 2.05) is 67.6 Å². The lowest BCUT2D eigenvalue weighted by molar-refractivity contribution is -0.144. The van der Waals surface area contributed by atoms with Gasteiger partial charge >= 0.3 is 5.97 Å². The van der Waals surface area contributed by atoms with Crippen LogP contribution in [-0.4, -0.2) is 5.97 Å². The summed E-state index contributed by atoms with van der Waals surface area (Å²) >= 11 is 0. The highest BCUT2D eigenvalue weighted by molar-refractivity contribution is 5.77. The molecule has 114 valence electrons. The summed E-state index contributed by atoms with van der Waals surface area (Å²) in [5, 5.41) is 0. The topological polar surface area (TPSA) is 26.3 Å². The van der Waals surface area contributed by atoms with Crippen LogP contribution in [0.15, 0.2) is 72.5 Å². The first-order valence-electron chi connectivity index (χ1n) is 7.82. The lowest BCUT2D eigenvalue weighted by atomic mass is 9.78. The van der Waals surface area contributed by atoms with Crippen LogP contribution in [0.3, 0.4) is 0 Å². The Morgan fingerprint density at radius 3 is 2.26 bits per heavy atom. The second kappa shape index (κ2) is 6.98. The van der Waals surface area contributed by atoms with Crippen LogP contribution in [0.25, 0.3) is 0 Å². The molecule has 2 atom stereocenters. The molecule has 0 N–H and O–H groups in total. The SMILES string of the molecule is CC[C@@H]1C(=O)OC=C(C#Cc2ccccc2)[C@H]1c1ccccc1. The third-order valence-corrected chi connectivity index (χ3v) is 4.07. The smallest absolute Gasteiger partial charge is 0.314 e. The van der Waals surface area contributed by atoms with Gasteiger partial charge in [-0.15, -0.1) is 0 Å². The maximum absolute atomic E-state index is 12.1. The van der Waals surface area contributed by atoms with Crippen LogP contribution in [0.4, 0.5) is 0 Å². The zero-order valence-corrected chi connectivity index (χ0v) is 13.0. The van der Waals surface area contributed by atoms with Gasteiger partial charge in [0.25, 0.3) is 0 Å². The van der Waals surface area contributed by atoms with E-state index in [1.165, 1.54) is 6.26 Å². The van der Waals surface area contributed by atoms with Gasteiger partial charge in [0.05, 0.1) is 5.92 Å². The zero-order chi connectivity index (χ0) is 16.1. The quantitative estimate of drug-likeness (QED) is 0.611. The summed E-state index contributed by atoms with van der Waals surface area (Å²) in [6.07, 6.45) is 2.24. The fourth-order valence-corrected chi connectivity index (χ4v) is 2.88. The molecular weight excluding hydrogens is 284 g/mol. The normalized spacial score (nSPS) is 20.0. The Labute approximate surface area is 136 Å². The van der Waals surface area contributed by atoms with Crippen molar-refractivity contribution < 1.29 is 9.53 Å². The minimum atomic E-state index is -0.192. The van der Waals surface area contributed by atoms with Crippen LogP contribution in [0.5, 0.6) is 0 Å². The van der Waals surface area contributed by atoms with Crippen LogP contribution in [0.1, 0.15) is 30.4 Å². The maximum atomic E-state index is 12.1. The summed E-state index contributed by atoms with van der Waals surface area (Å²) < 4.78 is 5.23. The average molecular weight is 302 g/mol. The Hall–Kier alpha value is -2.79. The van der Waals surface area contributed by atoms with Crippen LogP contribution in [0, 0.1) is 17.8 Å². The van der Waals surface area contributed by atoms with E-state index in [-0.39, 0.29) is 17.8 Å². The number of cyclic esters (lactones) is 1. The molecule has 2 aromatic rings. The lowest BCUT2D eigenvalue weighted by Crippen LogP contribution is -2.28.